The number of aromatic nitrogens is 2. The molecule has 176 valence electrons. The zero-order valence-electron chi connectivity index (χ0n) is 18.7. The van der Waals surface area contributed by atoms with Crippen LogP contribution in [0, 0.1) is 0 Å². The van der Waals surface area contributed by atoms with Crippen LogP contribution in [0.5, 0.6) is 0 Å². The summed E-state index contributed by atoms with van der Waals surface area (Å²) in [5.41, 5.74) is 11.8. The van der Waals surface area contributed by atoms with E-state index in [9.17, 15) is 13.2 Å². The molecule has 7 heteroatoms. The van der Waals surface area contributed by atoms with Crippen molar-refractivity contribution in [3.8, 4) is 11.1 Å². The Morgan fingerprint density at radius 3 is 2.53 bits per heavy atom. The van der Waals surface area contributed by atoms with Gasteiger partial charge in [0.15, 0.2) is 0 Å². The van der Waals surface area contributed by atoms with Gasteiger partial charge in [-0.05, 0) is 60.6 Å². The third-order valence-corrected chi connectivity index (χ3v) is 6.15. The Morgan fingerprint density at radius 2 is 1.79 bits per heavy atom. The monoisotopic (exact) mass is 481 g/mol. The second kappa shape index (κ2) is 10.4. The maximum atomic E-state index is 12.8. The minimum absolute atomic E-state index is 0.0326. The van der Waals surface area contributed by atoms with Crippen LogP contribution < -0.4 is 5.73 Å². The van der Waals surface area contributed by atoms with E-state index in [4.69, 9.17) is 18.0 Å². The van der Waals surface area contributed by atoms with Crippen LogP contribution in [0.15, 0.2) is 73.2 Å². The van der Waals surface area contributed by atoms with Gasteiger partial charge in [0, 0.05) is 53.6 Å². The number of fused-ring (bicyclic) bond motifs is 1. The highest BCUT2D eigenvalue weighted by molar-refractivity contribution is 7.80. The van der Waals surface area contributed by atoms with Crippen molar-refractivity contribution in [1.82, 2.24) is 9.55 Å². The first-order valence-electron chi connectivity index (χ1n) is 11.3. The lowest BCUT2D eigenvalue weighted by Gasteiger charge is -2.09. The first-order chi connectivity index (χ1) is 16.3. The van der Waals surface area contributed by atoms with Crippen LogP contribution in [-0.4, -0.2) is 20.7 Å². The first-order valence-corrected chi connectivity index (χ1v) is 11.7. The molecule has 0 bridgehead atoms. The molecule has 4 rings (SSSR count). The largest absolute Gasteiger partial charge is 0.389 e. The highest BCUT2D eigenvalue weighted by Gasteiger charge is 2.26. The van der Waals surface area contributed by atoms with Gasteiger partial charge in [0.2, 0.25) is 0 Å². The van der Waals surface area contributed by atoms with Gasteiger partial charge in [-0.15, -0.1) is 0 Å². The van der Waals surface area contributed by atoms with Gasteiger partial charge < -0.3 is 10.3 Å². The van der Waals surface area contributed by atoms with Gasteiger partial charge in [-0.1, -0.05) is 48.6 Å². The van der Waals surface area contributed by atoms with E-state index >= 15 is 0 Å². The van der Waals surface area contributed by atoms with Crippen LogP contribution >= 0.6 is 12.2 Å². The summed E-state index contributed by atoms with van der Waals surface area (Å²) in [6.45, 7) is 0.296. The van der Waals surface area contributed by atoms with Crippen LogP contribution in [0.2, 0.25) is 0 Å². The average Bonchev–Trinajstić information content (AvgIpc) is 3.17. The molecule has 0 aliphatic heterocycles. The van der Waals surface area contributed by atoms with Crippen LogP contribution in [0.1, 0.15) is 36.0 Å². The first kappa shape index (κ1) is 24.0. The Morgan fingerprint density at radius 1 is 0.971 bits per heavy atom. The molecule has 0 spiro atoms. The summed E-state index contributed by atoms with van der Waals surface area (Å²) < 4.78 is 40.2. The third kappa shape index (κ3) is 6.03. The molecule has 2 aromatic heterocycles. The number of benzene rings is 2. The predicted octanol–water partition coefficient (Wildman–Crippen LogP) is 6.86. The van der Waals surface area contributed by atoms with Gasteiger partial charge in [0.1, 0.15) is 4.99 Å². The Balaban J connectivity index is 1.63. The smallest absolute Gasteiger partial charge is 0.389 e. The van der Waals surface area contributed by atoms with Gasteiger partial charge in [0.25, 0.3) is 0 Å². The molecule has 0 atom stereocenters. The van der Waals surface area contributed by atoms with Crippen LogP contribution in [0.4, 0.5) is 13.2 Å². The number of nitrogens with two attached hydrogens (primary N) is 1. The Kier molecular flexibility index (Phi) is 7.32. The van der Waals surface area contributed by atoms with Crippen molar-refractivity contribution < 1.29 is 13.2 Å². The molecule has 0 radical (unpaired) electrons. The van der Waals surface area contributed by atoms with Gasteiger partial charge in [-0.3, -0.25) is 4.98 Å². The molecular weight excluding hydrogens is 455 g/mol. The number of nitrogens with zero attached hydrogens (tertiary/aromatic N) is 2. The molecule has 0 fully saturated rings. The highest BCUT2D eigenvalue weighted by atomic mass is 32.1. The number of rotatable bonds is 9. The van der Waals surface area contributed by atoms with Gasteiger partial charge in [0.05, 0.1) is 0 Å². The molecule has 0 saturated carbocycles. The predicted molar refractivity (Wildman–Crippen MR) is 135 cm³/mol. The number of hydrogen-bond acceptors (Lipinski definition) is 2. The number of halogens is 3. The minimum Gasteiger partial charge on any atom is -0.389 e. The fourth-order valence-corrected chi connectivity index (χ4v) is 4.37. The average molecular weight is 482 g/mol. The highest BCUT2D eigenvalue weighted by Crippen LogP contribution is 2.33. The lowest BCUT2D eigenvalue weighted by molar-refractivity contribution is -0.135. The molecule has 34 heavy (non-hydrogen) atoms. The SMILES string of the molecule is NC(=S)c1cccc(-c2cn(CCCC(F)(F)F)c3cc(CCCc4cccnc4)ccc23)c1. The van der Waals surface area contributed by atoms with Gasteiger partial charge in [-0.2, -0.15) is 13.2 Å². The Bertz CT molecular complexity index is 1280. The standard InChI is InChI=1S/C27H26F3N3S/c28-27(29,30)12-4-14-33-18-24(21-8-2-9-22(16-21)26(31)34)23-11-10-19(15-25(23)33)5-1-6-20-7-3-13-32-17-20/h2-3,7-11,13,15-18H,1,4-6,12,14H2,(H2,31,34). The van der Waals surface area contributed by atoms with Crippen molar-refractivity contribution in [3.63, 3.8) is 0 Å². The number of thiocarbonyl (C=S) groups is 1. The third-order valence-electron chi connectivity index (χ3n) is 5.92. The second-order valence-electron chi connectivity index (χ2n) is 8.47. The number of pyridine rings is 1. The van der Waals surface area contributed by atoms with E-state index in [1.807, 2.05) is 47.3 Å². The van der Waals surface area contributed by atoms with E-state index in [1.165, 1.54) is 5.56 Å². The maximum Gasteiger partial charge on any atom is 0.389 e. The molecule has 0 saturated heterocycles. The van der Waals surface area contributed by atoms with E-state index in [0.29, 0.717) is 11.5 Å². The summed E-state index contributed by atoms with van der Waals surface area (Å²) in [5.74, 6) is 0. The van der Waals surface area contributed by atoms with Gasteiger partial charge >= 0.3 is 6.18 Å². The fourth-order valence-electron chi connectivity index (χ4n) is 4.24. The summed E-state index contributed by atoms with van der Waals surface area (Å²) in [6.07, 6.45) is 3.43. The van der Waals surface area contributed by atoms with Crippen molar-refractivity contribution in [2.75, 3.05) is 0 Å². The molecule has 4 aromatic rings. The summed E-state index contributed by atoms with van der Waals surface area (Å²) in [4.78, 5) is 4.47. The zero-order valence-corrected chi connectivity index (χ0v) is 19.5. The lowest BCUT2D eigenvalue weighted by atomic mass is 10.00. The quantitative estimate of drug-likeness (QED) is 0.266. The molecular formula is C27H26F3N3S. The maximum absolute atomic E-state index is 12.8. The second-order valence-corrected chi connectivity index (χ2v) is 8.91. The minimum atomic E-state index is -4.16. The summed E-state index contributed by atoms with van der Waals surface area (Å²) >= 11 is 5.12. The molecule has 0 aliphatic rings. The fraction of sp³-hybridized carbons (Fsp3) is 0.259. The summed E-state index contributed by atoms with van der Waals surface area (Å²) in [7, 11) is 0. The van der Waals surface area contributed by atoms with Crippen molar-refractivity contribution in [3.05, 3.63) is 89.9 Å². The van der Waals surface area contributed by atoms with E-state index in [-0.39, 0.29) is 6.42 Å². The van der Waals surface area contributed by atoms with Crippen molar-refractivity contribution in [2.24, 2.45) is 5.73 Å². The Hall–Kier alpha value is -3.19. The van der Waals surface area contributed by atoms with Crippen molar-refractivity contribution >= 4 is 28.1 Å². The van der Waals surface area contributed by atoms with E-state index in [1.54, 1.807) is 6.20 Å². The molecule has 0 aliphatic carbocycles. The zero-order chi connectivity index (χ0) is 24.1. The molecule has 2 N–H and O–H groups in total. The number of hydrogen-bond donors (Lipinski definition) is 1. The van der Waals surface area contributed by atoms with Crippen LogP contribution in [0.3, 0.4) is 0 Å². The lowest BCUT2D eigenvalue weighted by Crippen LogP contribution is -2.09. The molecule has 2 heterocycles. The molecule has 3 nitrogen and oxygen atoms in total. The van der Waals surface area contributed by atoms with Gasteiger partial charge in [-0.25, -0.2) is 0 Å². The van der Waals surface area contributed by atoms with E-state index in [0.717, 1.165) is 52.4 Å². The van der Waals surface area contributed by atoms with E-state index in [2.05, 4.69) is 29.2 Å². The Labute approximate surface area is 202 Å². The molecule has 0 amide bonds. The van der Waals surface area contributed by atoms with Crippen LogP contribution in [-0.2, 0) is 19.4 Å². The number of alkyl halides is 3. The van der Waals surface area contributed by atoms with E-state index < -0.39 is 12.6 Å². The normalized spacial score (nSPS) is 11.7. The molecule has 2 aromatic carbocycles. The number of aryl methyl sites for hydroxylation is 3. The topological polar surface area (TPSA) is 43.8 Å². The summed E-state index contributed by atoms with van der Waals surface area (Å²) in [6, 6.07) is 17.9. The molecule has 0 unspecified atom stereocenters. The summed E-state index contributed by atoms with van der Waals surface area (Å²) in [5, 5.41) is 1.00. The van der Waals surface area contributed by atoms with Crippen molar-refractivity contribution in [2.45, 2.75) is 44.8 Å². The van der Waals surface area contributed by atoms with Crippen molar-refractivity contribution in [1.29, 1.82) is 0 Å². The van der Waals surface area contributed by atoms with Crippen LogP contribution in [0.25, 0.3) is 22.0 Å².